The molecule has 0 fully saturated rings. The van der Waals surface area contributed by atoms with Crippen LogP contribution in [-0.4, -0.2) is 26.8 Å². The van der Waals surface area contributed by atoms with Crippen molar-refractivity contribution in [2.45, 2.75) is 26.1 Å². The predicted molar refractivity (Wildman–Crippen MR) is 66.7 cm³/mol. The molecule has 1 atom stereocenters. The molecule has 0 aliphatic carbocycles. The molecule has 0 amide bonds. The van der Waals surface area contributed by atoms with Crippen LogP contribution >= 0.6 is 0 Å². The minimum atomic E-state index is -4.82. The van der Waals surface area contributed by atoms with E-state index in [1.54, 1.807) is 13.8 Å². The molecule has 0 spiro atoms. The van der Waals surface area contributed by atoms with Crippen molar-refractivity contribution in [3.05, 3.63) is 29.8 Å². The van der Waals surface area contributed by atoms with Crippen LogP contribution in [0.2, 0.25) is 0 Å². The maximum atomic E-state index is 12.7. The maximum Gasteiger partial charge on any atom is 0.437 e. The minimum absolute atomic E-state index is 0.114. The fourth-order valence-corrected chi connectivity index (χ4v) is 1.44. The first-order chi connectivity index (χ1) is 9.20. The summed E-state index contributed by atoms with van der Waals surface area (Å²) in [5, 5.41) is 2.66. The van der Waals surface area contributed by atoms with Gasteiger partial charge in [0.05, 0.1) is 6.10 Å². The zero-order valence-electron chi connectivity index (χ0n) is 10.5. The van der Waals surface area contributed by atoms with Crippen LogP contribution in [0.15, 0.2) is 29.4 Å². The number of hydrogen-bond donors (Lipinski definition) is 1. The van der Waals surface area contributed by atoms with E-state index in [2.05, 4.69) is 9.44 Å². The number of ether oxygens (including phenoxy) is 1. The number of nitrogens with zero attached hydrogens (tertiary/aromatic N) is 1. The second-order valence-corrected chi connectivity index (χ2v) is 4.50. The molecule has 0 aromatic heterocycles. The van der Waals surface area contributed by atoms with Crippen LogP contribution in [0.5, 0.6) is 5.75 Å². The van der Waals surface area contributed by atoms with E-state index in [0.29, 0.717) is 5.75 Å². The molecule has 0 bridgehead atoms. The lowest BCUT2D eigenvalue weighted by Crippen LogP contribution is -2.24. The second-order valence-electron chi connectivity index (χ2n) is 3.92. The van der Waals surface area contributed by atoms with Crippen LogP contribution < -0.4 is 4.74 Å². The van der Waals surface area contributed by atoms with Crippen molar-refractivity contribution in [1.29, 1.82) is 0 Å². The molecule has 1 aromatic carbocycles. The Bertz CT molecular complexity index is 499. The summed E-state index contributed by atoms with van der Waals surface area (Å²) in [4.78, 5) is 0. The molecular weight excluding hydrogens is 299 g/mol. The molecule has 1 aromatic rings. The lowest BCUT2D eigenvalue weighted by molar-refractivity contribution is -0.0597. The van der Waals surface area contributed by atoms with Gasteiger partial charge >= 0.3 is 17.5 Å². The molecular formula is C11H12F3NO4S. The lowest BCUT2D eigenvalue weighted by atomic mass is 10.1. The number of rotatable bonds is 5. The lowest BCUT2D eigenvalue weighted by Gasteiger charge is -2.12. The highest BCUT2D eigenvalue weighted by Crippen LogP contribution is 2.24. The van der Waals surface area contributed by atoms with Crippen LogP contribution in [0.25, 0.3) is 0 Å². The fraction of sp³-hybridized carbons (Fsp3) is 0.364. The Morgan fingerprint density at radius 3 is 2.25 bits per heavy atom. The third-order valence-corrected chi connectivity index (χ3v) is 2.16. The molecule has 0 radical (unpaired) electrons. The molecule has 0 saturated carbocycles. The van der Waals surface area contributed by atoms with Gasteiger partial charge < -0.3 is 4.74 Å². The van der Waals surface area contributed by atoms with Crippen molar-refractivity contribution in [2.75, 3.05) is 0 Å². The highest BCUT2D eigenvalue weighted by Gasteiger charge is 2.38. The van der Waals surface area contributed by atoms with E-state index in [0.717, 1.165) is 12.1 Å². The number of hydrogen-bond acceptors (Lipinski definition) is 4. The van der Waals surface area contributed by atoms with Gasteiger partial charge in [0.2, 0.25) is 0 Å². The zero-order chi connectivity index (χ0) is 15.3. The summed E-state index contributed by atoms with van der Waals surface area (Å²) in [6, 6.07) is 4.94. The van der Waals surface area contributed by atoms with Gasteiger partial charge in [0.15, 0.2) is 5.71 Å². The van der Waals surface area contributed by atoms with Crippen molar-refractivity contribution in [3.8, 4) is 5.75 Å². The SMILES string of the molecule is CC(C)Oc1ccc(C(=NOS(=O)O)C(F)(F)F)cc1. The molecule has 0 aliphatic heterocycles. The van der Waals surface area contributed by atoms with Gasteiger partial charge in [-0.15, -0.1) is 0 Å². The Balaban J connectivity index is 3.03. The molecule has 1 unspecified atom stereocenters. The van der Waals surface area contributed by atoms with Gasteiger partial charge in [0, 0.05) is 5.56 Å². The Morgan fingerprint density at radius 1 is 1.30 bits per heavy atom. The summed E-state index contributed by atoms with van der Waals surface area (Å²) in [5.74, 6) is 0.400. The predicted octanol–water partition coefficient (Wildman–Crippen LogP) is 2.89. The van der Waals surface area contributed by atoms with E-state index in [4.69, 9.17) is 9.29 Å². The number of oxime groups is 1. The molecule has 0 heterocycles. The summed E-state index contributed by atoms with van der Waals surface area (Å²) in [5.41, 5.74) is -1.71. The van der Waals surface area contributed by atoms with E-state index in [-0.39, 0.29) is 11.7 Å². The van der Waals surface area contributed by atoms with Crippen LogP contribution in [0, 0.1) is 0 Å². The largest absolute Gasteiger partial charge is 0.491 e. The Kier molecular flexibility index (Phi) is 5.52. The normalized spacial score (nSPS) is 14.2. The molecule has 5 nitrogen and oxygen atoms in total. The van der Waals surface area contributed by atoms with Gasteiger partial charge in [-0.2, -0.15) is 17.4 Å². The average molecular weight is 311 g/mol. The van der Waals surface area contributed by atoms with Crippen molar-refractivity contribution >= 4 is 17.1 Å². The highest BCUT2D eigenvalue weighted by atomic mass is 32.2. The molecule has 112 valence electrons. The summed E-state index contributed by atoms with van der Waals surface area (Å²) >= 11 is -2.92. The zero-order valence-corrected chi connectivity index (χ0v) is 11.4. The van der Waals surface area contributed by atoms with E-state index in [1.807, 2.05) is 0 Å². The van der Waals surface area contributed by atoms with Gasteiger partial charge in [0.25, 0.3) is 0 Å². The van der Waals surface area contributed by atoms with Gasteiger partial charge in [-0.25, -0.2) is 0 Å². The fourth-order valence-electron chi connectivity index (χ4n) is 1.30. The Labute approximate surface area is 115 Å². The van der Waals surface area contributed by atoms with Crippen LogP contribution in [-0.2, 0) is 15.6 Å². The highest BCUT2D eigenvalue weighted by molar-refractivity contribution is 7.74. The molecule has 0 saturated heterocycles. The van der Waals surface area contributed by atoms with E-state index in [9.17, 15) is 17.4 Å². The third-order valence-electron chi connectivity index (χ3n) is 1.96. The molecule has 20 heavy (non-hydrogen) atoms. The first kappa shape index (κ1) is 16.4. The van der Waals surface area contributed by atoms with Crippen LogP contribution in [0.1, 0.15) is 19.4 Å². The second kappa shape index (κ2) is 6.71. The van der Waals surface area contributed by atoms with Crippen molar-refractivity contribution in [1.82, 2.24) is 0 Å². The molecule has 1 N–H and O–H groups in total. The monoisotopic (exact) mass is 311 g/mol. The topological polar surface area (TPSA) is 68.1 Å². The van der Waals surface area contributed by atoms with Crippen LogP contribution in [0.3, 0.4) is 0 Å². The summed E-state index contributed by atoms with van der Waals surface area (Å²) in [7, 11) is 0. The van der Waals surface area contributed by atoms with Gasteiger partial charge in [-0.3, -0.25) is 8.84 Å². The number of benzene rings is 1. The average Bonchev–Trinajstić information content (AvgIpc) is 2.28. The quantitative estimate of drug-likeness (QED) is 0.516. The van der Waals surface area contributed by atoms with Crippen molar-refractivity contribution < 1.29 is 31.0 Å². The summed E-state index contributed by atoms with van der Waals surface area (Å²) in [6.07, 6.45) is -4.93. The summed E-state index contributed by atoms with van der Waals surface area (Å²) < 4.78 is 65.8. The number of alkyl halides is 3. The molecule has 0 aliphatic rings. The van der Waals surface area contributed by atoms with Gasteiger partial charge in [0.1, 0.15) is 5.75 Å². The molecule has 9 heteroatoms. The Morgan fingerprint density at radius 2 is 1.85 bits per heavy atom. The van der Waals surface area contributed by atoms with Crippen molar-refractivity contribution in [3.63, 3.8) is 0 Å². The minimum Gasteiger partial charge on any atom is -0.491 e. The number of halogens is 3. The first-order valence-electron chi connectivity index (χ1n) is 5.40. The first-order valence-corrected chi connectivity index (χ1v) is 6.44. The van der Waals surface area contributed by atoms with Gasteiger partial charge in [-0.1, -0.05) is 5.16 Å². The van der Waals surface area contributed by atoms with E-state index in [1.165, 1.54) is 12.1 Å². The standard InChI is InChI=1S/C11H12F3NO4S/c1-7(2)18-9-5-3-8(4-6-9)10(11(12,13)14)15-19-20(16)17/h3-7H,1-2H3,(H,16,17). The summed E-state index contributed by atoms with van der Waals surface area (Å²) in [6.45, 7) is 3.56. The maximum absolute atomic E-state index is 12.7. The Hall–Kier alpha value is -1.61. The van der Waals surface area contributed by atoms with Crippen molar-refractivity contribution in [2.24, 2.45) is 5.16 Å². The molecule has 1 rings (SSSR count). The third kappa shape index (κ3) is 5.17. The van der Waals surface area contributed by atoms with Crippen LogP contribution in [0.4, 0.5) is 13.2 Å². The van der Waals surface area contributed by atoms with E-state index >= 15 is 0 Å². The smallest absolute Gasteiger partial charge is 0.437 e. The van der Waals surface area contributed by atoms with Gasteiger partial charge in [-0.05, 0) is 38.1 Å². The van der Waals surface area contributed by atoms with E-state index < -0.39 is 23.2 Å².